The molecule has 0 saturated carbocycles. The van der Waals surface area contributed by atoms with E-state index in [1.165, 1.54) is 12.8 Å². The number of hydrogen-bond acceptors (Lipinski definition) is 4. The highest BCUT2D eigenvalue weighted by atomic mass is 16.5. The lowest BCUT2D eigenvalue weighted by Gasteiger charge is -2.09. The van der Waals surface area contributed by atoms with Gasteiger partial charge in [0.15, 0.2) is 0 Å². The maximum Gasteiger partial charge on any atom is 0.134 e. The highest BCUT2D eigenvalue weighted by molar-refractivity contribution is 5.01. The van der Waals surface area contributed by atoms with E-state index in [0.29, 0.717) is 12.6 Å². The Morgan fingerprint density at radius 1 is 1.71 bits per heavy atom. The first kappa shape index (κ1) is 9.68. The van der Waals surface area contributed by atoms with Crippen LogP contribution in [0.4, 0.5) is 0 Å². The largest absolute Gasteiger partial charge is 0.373 e. The van der Waals surface area contributed by atoms with Crippen LogP contribution < -0.4 is 5.32 Å². The first-order valence-corrected chi connectivity index (χ1v) is 5.08. The van der Waals surface area contributed by atoms with E-state index >= 15 is 0 Å². The van der Waals surface area contributed by atoms with Crippen molar-refractivity contribution in [2.75, 3.05) is 13.2 Å². The normalized spacial score (nSPS) is 21.6. The van der Waals surface area contributed by atoms with Crippen LogP contribution in [0, 0.1) is 6.92 Å². The first-order valence-electron chi connectivity index (χ1n) is 5.08. The number of aromatic nitrogens is 1. The molecule has 14 heavy (non-hydrogen) atoms. The van der Waals surface area contributed by atoms with E-state index in [0.717, 1.165) is 24.6 Å². The van der Waals surface area contributed by atoms with Crippen molar-refractivity contribution in [3.8, 4) is 0 Å². The molecule has 0 amide bonds. The number of aryl methyl sites for hydroxylation is 1. The third kappa shape index (κ3) is 2.56. The fourth-order valence-corrected chi connectivity index (χ4v) is 1.69. The molecular weight excluding hydrogens is 180 g/mol. The molecule has 0 aliphatic carbocycles. The summed E-state index contributed by atoms with van der Waals surface area (Å²) in [6.45, 7) is 4.33. The number of hydrogen-bond donors (Lipinski definition) is 1. The van der Waals surface area contributed by atoms with Crippen molar-refractivity contribution >= 4 is 0 Å². The van der Waals surface area contributed by atoms with E-state index in [1.807, 2.05) is 13.0 Å². The quantitative estimate of drug-likeness (QED) is 0.787. The van der Waals surface area contributed by atoms with E-state index < -0.39 is 0 Å². The van der Waals surface area contributed by atoms with Crippen LogP contribution in [0.2, 0.25) is 0 Å². The summed E-state index contributed by atoms with van der Waals surface area (Å²) in [6, 6.07) is 2.44. The molecule has 1 N–H and O–H groups in total. The Hall–Kier alpha value is -0.870. The topological polar surface area (TPSA) is 47.3 Å². The fraction of sp³-hybridized carbons (Fsp3) is 0.700. The Morgan fingerprint density at radius 3 is 3.29 bits per heavy atom. The summed E-state index contributed by atoms with van der Waals surface area (Å²) >= 11 is 0. The molecule has 1 aromatic rings. The molecule has 4 heteroatoms. The van der Waals surface area contributed by atoms with Gasteiger partial charge in [0, 0.05) is 12.1 Å². The maximum absolute atomic E-state index is 5.53. The summed E-state index contributed by atoms with van der Waals surface area (Å²) in [5.41, 5.74) is 0.875. The van der Waals surface area contributed by atoms with Gasteiger partial charge in [-0.05, 0) is 26.3 Å². The smallest absolute Gasteiger partial charge is 0.134 e. The third-order valence-electron chi connectivity index (χ3n) is 2.41. The van der Waals surface area contributed by atoms with Crippen molar-refractivity contribution in [3.05, 3.63) is 17.5 Å². The summed E-state index contributed by atoms with van der Waals surface area (Å²) < 4.78 is 10.5. The lowest BCUT2D eigenvalue weighted by atomic mass is 10.2. The molecule has 0 spiro atoms. The lowest BCUT2D eigenvalue weighted by molar-refractivity contribution is 0.0988. The molecule has 2 rings (SSSR count). The van der Waals surface area contributed by atoms with Crippen molar-refractivity contribution in [3.63, 3.8) is 0 Å². The van der Waals surface area contributed by atoms with Crippen LogP contribution in [-0.2, 0) is 11.3 Å². The van der Waals surface area contributed by atoms with E-state index in [9.17, 15) is 0 Å². The van der Waals surface area contributed by atoms with Crippen LogP contribution >= 0.6 is 0 Å². The fourth-order valence-electron chi connectivity index (χ4n) is 1.69. The molecule has 0 aromatic carbocycles. The van der Waals surface area contributed by atoms with Crippen molar-refractivity contribution in [2.45, 2.75) is 32.4 Å². The summed E-state index contributed by atoms with van der Waals surface area (Å²) in [5.74, 6) is 0.836. The van der Waals surface area contributed by atoms with Gasteiger partial charge in [0.05, 0.1) is 13.2 Å². The molecule has 4 nitrogen and oxygen atoms in total. The molecule has 1 saturated heterocycles. The van der Waals surface area contributed by atoms with Gasteiger partial charge in [-0.2, -0.15) is 0 Å². The molecule has 2 heterocycles. The van der Waals surface area contributed by atoms with Gasteiger partial charge in [-0.1, -0.05) is 5.16 Å². The first-order chi connectivity index (χ1) is 6.84. The molecule has 1 aliphatic rings. The summed E-state index contributed by atoms with van der Waals surface area (Å²) in [6.07, 6.45) is 2.48. The predicted molar refractivity (Wildman–Crippen MR) is 51.9 cm³/mol. The van der Waals surface area contributed by atoms with Gasteiger partial charge in [-0.3, -0.25) is 0 Å². The SMILES string of the molecule is Cc1cc(COCC2CCCN2)no1. The Balaban J connectivity index is 1.67. The zero-order chi connectivity index (χ0) is 9.80. The molecule has 0 bridgehead atoms. The predicted octanol–water partition coefficient (Wildman–Crippen LogP) is 1.25. The molecule has 0 radical (unpaired) electrons. The minimum Gasteiger partial charge on any atom is -0.373 e. The molecule has 78 valence electrons. The summed E-state index contributed by atoms with van der Waals surface area (Å²) in [7, 11) is 0. The molecule has 1 aromatic heterocycles. The van der Waals surface area contributed by atoms with E-state index in [1.54, 1.807) is 0 Å². The van der Waals surface area contributed by atoms with Crippen molar-refractivity contribution in [1.29, 1.82) is 0 Å². The lowest BCUT2D eigenvalue weighted by Crippen LogP contribution is -2.26. The second kappa shape index (κ2) is 4.57. The van der Waals surface area contributed by atoms with Gasteiger partial charge in [-0.15, -0.1) is 0 Å². The number of nitrogens with zero attached hydrogens (tertiary/aromatic N) is 1. The highest BCUT2D eigenvalue weighted by Crippen LogP contribution is 2.07. The highest BCUT2D eigenvalue weighted by Gasteiger charge is 2.13. The second-order valence-corrected chi connectivity index (χ2v) is 3.74. The third-order valence-corrected chi connectivity index (χ3v) is 2.41. The Kier molecular flexibility index (Phi) is 3.16. The zero-order valence-electron chi connectivity index (χ0n) is 8.45. The number of rotatable bonds is 4. The standard InChI is InChI=1S/C10H16N2O2/c1-8-5-10(12-14-8)7-13-6-9-3-2-4-11-9/h5,9,11H,2-4,6-7H2,1H3. The van der Waals surface area contributed by atoms with E-state index in [-0.39, 0.29) is 0 Å². The van der Waals surface area contributed by atoms with Gasteiger partial charge >= 0.3 is 0 Å². The molecule has 1 unspecified atom stereocenters. The van der Waals surface area contributed by atoms with E-state index in [2.05, 4.69) is 10.5 Å². The summed E-state index contributed by atoms with van der Waals surface area (Å²) in [5, 5.41) is 7.24. The van der Waals surface area contributed by atoms with Crippen LogP contribution in [-0.4, -0.2) is 24.4 Å². The Labute approximate surface area is 83.6 Å². The zero-order valence-corrected chi connectivity index (χ0v) is 8.45. The van der Waals surface area contributed by atoms with Crippen molar-refractivity contribution < 1.29 is 9.26 Å². The van der Waals surface area contributed by atoms with Crippen molar-refractivity contribution in [1.82, 2.24) is 10.5 Å². The van der Waals surface area contributed by atoms with Crippen molar-refractivity contribution in [2.24, 2.45) is 0 Å². The summed E-state index contributed by atoms with van der Waals surface area (Å²) in [4.78, 5) is 0. The minimum atomic E-state index is 0.531. The van der Waals surface area contributed by atoms with Gasteiger partial charge in [0.2, 0.25) is 0 Å². The van der Waals surface area contributed by atoms with Gasteiger partial charge in [0.25, 0.3) is 0 Å². The average molecular weight is 196 g/mol. The number of ether oxygens (including phenoxy) is 1. The second-order valence-electron chi connectivity index (χ2n) is 3.74. The van der Waals surface area contributed by atoms with Gasteiger partial charge < -0.3 is 14.6 Å². The monoisotopic (exact) mass is 196 g/mol. The van der Waals surface area contributed by atoms with Gasteiger partial charge in [-0.25, -0.2) is 0 Å². The number of nitrogens with one attached hydrogen (secondary N) is 1. The van der Waals surface area contributed by atoms with Gasteiger partial charge in [0.1, 0.15) is 11.5 Å². The van der Waals surface area contributed by atoms with Crippen LogP contribution in [0.15, 0.2) is 10.6 Å². The van der Waals surface area contributed by atoms with Crippen LogP contribution in [0.5, 0.6) is 0 Å². The molecule has 1 aliphatic heterocycles. The minimum absolute atomic E-state index is 0.531. The average Bonchev–Trinajstić information content (AvgIpc) is 2.77. The molecule has 1 fully saturated rings. The van der Waals surface area contributed by atoms with Crippen LogP contribution in [0.1, 0.15) is 24.3 Å². The molecule has 1 atom stereocenters. The Bertz CT molecular complexity index is 279. The van der Waals surface area contributed by atoms with E-state index in [4.69, 9.17) is 9.26 Å². The Morgan fingerprint density at radius 2 is 2.64 bits per heavy atom. The van der Waals surface area contributed by atoms with Crippen LogP contribution in [0.3, 0.4) is 0 Å². The van der Waals surface area contributed by atoms with Crippen LogP contribution in [0.25, 0.3) is 0 Å². The molecular formula is C10H16N2O2. The maximum atomic E-state index is 5.53.